The molecule has 0 saturated carbocycles. The van der Waals surface area contributed by atoms with Gasteiger partial charge in [0.25, 0.3) is 0 Å². The summed E-state index contributed by atoms with van der Waals surface area (Å²) >= 11 is 6.26. The Morgan fingerprint density at radius 2 is 1.95 bits per heavy atom. The average Bonchev–Trinajstić information content (AvgIpc) is 2.41. The first-order chi connectivity index (χ1) is 9.51. The van der Waals surface area contributed by atoms with Gasteiger partial charge in [-0.2, -0.15) is 0 Å². The fraction of sp³-hybridized carbons (Fsp3) is 0.333. The van der Waals surface area contributed by atoms with Gasteiger partial charge in [0.1, 0.15) is 17.9 Å². The van der Waals surface area contributed by atoms with Crippen LogP contribution in [0.15, 0.2) is 24.5 Å². The number of aromatic nitrogens is 2. The number of anilines is 1. The third-order valence-corrected chi connectivity index (χ3v) is 3.36. The van der Waals surface area contributed by atoms with Crippen LogP contribution in [0, 0.1) is 6.92 Å². The van der Waals surface area contributed by atoms with E-state index in [9.17, 15) is 0 Å². The molecule has 5 heteroatoms. The van der Waals surface area contributed by atoms with E-state index in [4.69, 9.17) is 16.3 Å². The quantitative estimate of drug-likeness (QED) is 0.907. The number of hydrogen-bond donors (Lipinski definition) is 1. The van der Waals surface area contributed by atoms with Gasteiger partial charge in [-0.3, -0.25) is 0 Å². The molecule has 0 aliphatic rings. The number of nitrogens with one attached hydrogen (secondary N) is 1. The normalized spacial score (nSPS) is 10.7. The second-order valence-corrected chi connectivity index (χ2v) is 5.29. The van der Waals surface area contributed by atoms with Crippen molar-refractivity contribution in [2.24, 2.45) is 0 Å². The molecule has 1 aromatic heterocycles. The predicted octanol–water partition coefficient (Wildman–Crippen LogP) is 4.40. The molecule has 0 unspecified atom stereocenters. The number of nitrogens with zero attached hydrogens (tertiary/aromatic N) is 2. The second kappa shape index (κ2) is 6.09. The van der Waals surface area contributed by atoms with Gasteiger partial charge in [0.15, 0.2) is 0 Å². The lowest BCUT2D eigenvalue weighted by atomic mass is 10.0. The van der Waals surface area contributed by atoms with E-state index >= 15 is 0 Å². The van der Waals surface area contributed by atoms with Crippen molar-refractivity contribution in [3.05, 3.63) is 40.7 Å². The molecular formula is C15H18ClN3O. The van der Waals surface area contributed by atoms with Crippen LogP contribution in [-0.2, 0) is 0 Å². The number of hydrogen-bond acceptors (Lipinski definition) is 4. The maximum absolute atomic E-state index is 6.26. The van der Waals surface area contributed by atoms with Crippen molar-refractivity contribution < 1.29 is 4.74 Å². The smallest absolute Gasteiger partial charge is 0.224 e. The van der Waals surface area contributed by atoms with E-state index in [0.717, 1.165) is 21.9 Å². The van der Waals surface area contributed by atoms with Crippen LogP contribution in [0.5, 0.6) is 11.6 Å². The summed E-state index contributed by atoms with van der Waals surface area (Å²) in [6, 6.07) is 5.65. The molecule has 4 nitrogen and oxygen atoms in total. The Bertz CT molecular complexity index is 614. The summed E-state index contributed by atoms with van der Waals surface area (Å²) < 4.78 is 5.85. The number of rotatable bonds is 4. The molecule has 2 aromatic rings. The minimum Gasteiger partial charge on any atom is -0.439 e. The molecule has 0 fully saturated rings. The minimum absolute atomic E-state index is 0.337. The zero-order valence-electron chi connectivity index (χ0n) is 12.1. The molecule has 1 N–H and O–H groups in total. The Morgan fingerprint density at radius 3 is 2.60 bits per heavy atom. The maximum atomic E-state index is 6.26. The van der Waals surface area contributed by atoms with E-state index in [1.54, 1.807) is 13.1 Å². The Morgan fingerprint density at radius 1 is 1.20 bits per heavy atom. The van der Waals surface area contributed by atoms with Gasteiger partial charge < -0.3 is 10.1 Å². The lowest BCUT2D eigenvalue weighted by Crippen LogP contribution is -1.97. The lowest BCUT2D eigenvalue weighted by molar-refractivity contribution is 0.457. The van der Waals surface area contributed by atoms with Crippen LogP contribution in [0.25, 0.3) is 0 Å². The van der Waals surface area contributed by atoms with Crippen molar-refractivity contribution in [3.63, 3.8) is 0 Å². The zero-order valence-corrected chi connectivity index (χ0v) is 12.8. The van der Waals surface area contributed by atoms with Crippen molar-refractivity contribution in [1.29, 1.82) is 0 Å². The standard InChI is InChI=1S/C15H18ClN3O/c1-9(2)11-6-13(10(3)5-12(11)16)20-15-7-14(17-4)18-8-19-15/h5-9H,1-4H3,(H,17,18,19). The molecule has 0 amide bonds. The van der Waals surface area contributed by atoms with Gasteiger partial charge in [0, 0.05) is 18.1 Å². The Balaban J connectivity index is 2.35. The highest BCUT2D eigenvalue weighted by molar-refractivity contribution is 6.31. The molecule has 0 aliphatic heterocycles. The van der Waals surface area contributed by atoms with Gasteiger partial charge in [0.2, 0.25) is 5.88 Å². The summed E-state index contributed by atoms with van der Waals surface area (Å²) in [7, 11) is 1.80. The fourth-order valence-electron chi connectivity index (χ4n) is 1.87. The Kier molecular flexibility index (Phi) is 4.45. The van der Waals surface area contributed by atoms with E-state index in [-0.39, 0.29) is 0 Å². The molecular weight excluding hydrogens is 274 g/mol. The van der Waals surface area contributed by atoms with Gasteiger partial charge in [-0.15, -0.1) is 0 Å². The van der Waals surface area contributed by atoms with Crippen LogP contribution in [0.3, 0.4) is 0 Å². The van der Waals surface area contributed by atoms with Crippen LogP contribution >= 0.6 is 11.6 Å². The van der Waals surface area contributed by atoms with Crippen molar-refractivity contribution in [1.82, 2.24) is 9.97 Å². The van der Waals surface area contributed by atoms with Gasteiger partial charge in [-0.05, 0) is 36.1 Å². The zero-order chi connectivity index (χ0) is 14.7. The van der Waals surface area contributed by atoms with Crippen LogP contribution in [0.1, 0.15) is 30.9 Å². The number of ether oxygens (including phenoxy) is 1. The van der Waals surface area contributed by atoms with Crippen molar-refractivity contribution >= 4 is 17.4 Å². The monoisotopic (exact) mass is 291 g/mol. The van der Waals surface area contributed by atoms with Crippen LogP contribution in [0.4, 0.5) is 5.82 Å². The summed E-state index contributed by atoms with van der Waals surface area (Å²) in [4.78, 5) is 8.17. The molecule has 1 aromatic carbocycles. The highest BCUT2D eigenvalue weighted by Gasteiger charge is 2.11. The van der Waals surface area contributed by atoms with E-state index < -0.39 is 0 Å². The molecule has 0 bridgehead atoms. The van der Waals surface area contributed by atoms with Crippen molar-refractivity contribution in [3.8, 4) is 11.6 Å². The first kappa shape index (κ1) is 14.6. The number of benzene rings is 1. The number of halogens is 1. The highest BCUT2D eigenvalue weighted by Crippen LogP contribution is 2.33. The van der Waals surface area contributed by atoms with E-state index in [2.05, 4.69) is 29.1 Å². The first-order valence-corrected chi connectivity index (χ1v) is 6.86. The molecule has 0 saturated heterocycles. The molecule has 0 radical (unpaired) electrons. The van der Waals surface area contributed by atoms with Gasteiger partial charge >= 0.3 is 0 Å². The summed E-state index contributed by atoms with van der Waals surface area (Å²) in [5, 5.41) is 3.72. The molecule has 1 heterocycles. The van der Waals surface area contributed by atoms with Crippen molar-refractivity contribution in [2.75, 3.05) is 12.4 Å². The largest absolute Gasteiger partial charge is 0.439 e. The average molecular weight is 292 g/mol. The maximum Gasteiger partial charge on any atom is 0.224 e. The number of aryl methyl sites for hydroxylation is 1. The summed E-state index contributed by atoms with van der Waals surface area (Å²) in [6.45, 7) is 6.17. The summed E-state index contributed by atoms with van der Waals surface area (Å²) in [5.41, 5.74) is 2.04. The van der Waals surface area contributed by atoms with Crippen molar-refractivity contribution in [2.45, 2.75) is 26.7 Å². The Labute approximate surface area is 124 Å². The molecule has 20 heavy (non-hydrogen) atoms. The SMILES string of the molecule is CNc1cc(Oc2cc(C(C)C)c(Cl)cc2C)ncn1. The van der Waals surface area contributed by atoms with Gasteiger partial charge in [-0.25, -0.2) is 9.97 Å². The van der Waals surface area contributed by atoms with E-state index in [0.29, 0.717) is 17.6 Å². The topological polar surface area (TPSA) is 47.0 Å². The first-order valence-electron chi connectivity index (χ1n) is 6.49. The van der Waals surface area contributed by atoms with Gasteiger partial charge in [-0.1, -0.05) is 25.4 Å². The predicted molar refractivity (Wildman–Crippen MR) is 81.9 cm³/mol. The molecule has 2 rings (SSSR count). The second-order valence-electron chi connectivity index (χ2n) is 4.89. The molecule has 0 atom stereocenters. The minimum atomic E-state index is 0.337. The molecule has 0 spiro atoms. The summed E-state index contributed by atoms with van der Waals surface area (Å²) in [5.74, 6) is 2.32. The van der Waals surface area contributed by atoms with E-state index in [1.807, 2.05) is 19.1 Å². The molecule has 106 valence electrons. The highest BCUT2D eigenvalue weighted by atomic mass is 35.5. The lowest BCUT2D eigenvalue weighted by Gasteiger charge is -2.14. The third kappa shape index (κ3) is 3.20. The van der Waals surface area contributed by atoms with Crippen LogP contribution in [-0.4, -0.2) is 17.0 Å². The van der Waals surface area contributed by atoms with Crippen LogP contribution in [0.2, 0.25) is 5.02 Å². The van der Waals surface area contributed by atoms with E-state index in [1.165, 1.54) is 6.33 Å². The summed E-state index contributed by atoms with van der Waals surface area (Å²) in [6.07, 6.45) is 1.47. The molecule has 0 aliphatic carbocycles. The third-order valence-electron chi connectivity index (χ3n) is 3.03. The Hall–Kier alpha value is -1.81. The van der Waals surface area contributed by atoms with Gasteiger partial charge in [0.05, 0.1) is 0 Å². The van der Waals surface area contributed by atoms with Crippen LogP contribution < -0.4 is 10.1 Å². The fourth-order valence-corrected chi connectivity index (χ4v) is 2.30.